The summed E-state index contributed by atoms with van der Waals surface area (Å²) >= 11 is 5.37. The third-order valence-corrected chi connectivity index (χ3v) is 4.34. The molecule has 19 heavy (non-hydrogen) atoms. The summed E-state index contributed by atoms with van der Waals surface area (Å²) < 4.78 is 0. The second kappa shape index (κ2) is 6.35. The Morgan fingerprint density at radius 1 is 1.21 bits per heavy atom. The van der Waals surface area contributed by atoms with Gasteiger partial charge in [0.2, 0.25) is 0 Å². The van der Waals surface area contributed by atoms with Crippen molar-refractivity contribution in [2.24, 2.45) is 0 Å². The topological polar surface area (TPSA) is 27.3 Å². The first-order chi connectivity index (χ1) is 9.12. The molecule has 0 bridgehead atoms. The molecule has 3 nitrogen and oxygen atoms in total. The highest BCUT2D eigenvalue weighted by Gasteiger charge is 2.35. The summed E-state index contributed by atoms with van der Waals surface area (Å²) in [4.78, 5) is 2.35. The van der Waals surface area contributed by atoms with Crippen LogP contribution in [0.2, 0.25) is 0 Å². The van der Waals surface area contributed by atoms with E-state index < -0.39 is 0 Å². The predicted octanol–water partition coefficient (Wildman–Crippen LogP) is 2.85. The molecule has 0 aromatic heterocycles. The molecule has 0 unspecified atom stereocenters. The Morgan fingerprint density at radius 2 is 1.84 bits per heavy atom. The van der Waals surface area contributed by atoms with E-state index >= 15 is 0 Å². The third kappa shape index (κ3) is 3.67. The second-order valence-corrected chi connectivity index (χ2v) is 5.91. The van der Waals surface area contributed by atoms with Gasteiger partial charge in [-0.3, -0.25) is 0 Å². The van der Waals surface area contributed by atoms with Crippen molar-refractivity contribution in [3.05, 3.63) is 30.3 Å². The molecule has 0 saturated heterocycles. The van der Waals surface area contributed by atoms with Crippen molar-refractivity contribution in [1.29, 1.82) is 0 Å². The van der Waals surface area contributed by atoms with Crippen LogP contribution in [0, 0.1) is 0 Å². The molecule has 2 N–H and O–H groups in total. The molecule has 2 rings (SSSR count). The molecule has 0 aliphatic heterocycles. The minimum Gasteiger partial charge on any atom is -0.361 e. The molecular formula is C15H23N3S. The van der Waals surface area contributed by atoms with Crippen LogP contribution in [0.25, 0.3) is 0 Å². The van der Waals surface area contributed by atoms with E-state index in [9.17, 15) is 0 Å². The molecule has 0 heterocycles. The first-order valence-electron chi connectivity index (χ1n) is 6.90. The van der Waals surface area contributed by atoms with E-state index in [1.165, 1.54) is 25.7 Å². The van der Waals surface area contributed by atoms with E-state index in [0.717, 1.165) is 12.2 Å². The average molecular weight is 277 g/mol. The Hall–Kier alpha value is -1.13. The van der Waals surface area contributed by atoms with Gasteiger partial charge in [-0.25, -0.2) is 0 Å². The third-order valence-electron chi connectivity index (χ3n) is 4.09. The lowest BCUT2D eigenvalue weighted by Gasteiger charge is -2.36. The van der Waals surface area contributed by atoms with E-state index in [4.69, 9.17) is 12.2 Å². The first-order valence-corrected chi connectivity index (χ1v) is 7.31. The fourth-order valence-corrected chi connectivity index (χ4v) is 2.95. The maximum absolute atomic E-state index is 5.37. The van der Waals surface area contributed by atoms with Crippen LogP contribution in [0.4, 0.5) is 5.69 Å². The van der Waals surface area contributed by atoms with Crippen LogP contribution in [0.1, 0.15) is 25.7 Å². The molecule has 104 valence electrons. The number of likely N-dealkylation sites (N-methyl/N-ethyl adjacent to an activating group) is 1. The lowest BCUT2D eigenvalue weighted by Crippen LogP contribution is -2.51. The van der Waals surface area contributed by atoms with Crippen molar-refractivity contribution in [2.45, 2.75) is 31.2 Å². The quantitative estimate of drug-likeness (QED) is 0.828. The van der Waals surface area contributed by atoms with Crippen LogP contribution >= 0.6 is 12.2 Å². The summed E-state index contributed by atoms with van der Waals surface area (Å²) in [5.74, 6) is 0. The van der Waals surface area contributed by atoms with Crippen molar-refractivity contribution in [3.63, 3.8) is 0 Å². The average Bonchev–Trinajstić information content (AvgIpc) is 2.88. The van der Waals surface area contributed by atoms with Crippen molar-refractivity contribution in [3.8, 4) is 0 Å². The first kappa shape index (κ1) is 14.3. The summed E-state index contributed by atoms with van der Waals surface area (Å²) in [6.07, 6.45) is 5.14. The molecule has 1 aliphatic rings. The summed E-state index contributed by atoms with van der Waals surface area (Å²) in [6.45, 7) is 0.915. The van der Waals surface area contributed by atoms with Crippen molar-refractivity contribution in [2.75, 3.05) is 26.0 Å². The van der Waals surface area contributed by atoms with Crippen molar-refractivity contribution in [1.82, 2.24) is 10.2 Å². The number of nitrogens with zero attached hydrogens (tertiary/aromatic N) is 1. The largest absolute Gasteiger partial charge is 0.361 e. The summed E-state index contributed by atoms with van der Waals surface area (Å²) in [5, 5.41) is 7.31. The van der Waals surface area contributed by atoms with Gasteiger partial charge in [-0.05, 0) is 51.3 Å². The Morgan fingerprint density at radius 3 is 2.42 bits per heavy atom. The molecule has 1 fully saturated rings. The summed E-state index contributed by atoms with van der Waals surface area (Å²) in [7, 11) is 4.33. The molecule has 1 aromatic rings. The van der Waals surface area contributed by atoms with E-state index in [0.29, 0.717) is 5.11 Å². The number of hydrogen-bond donors (Lipinski definition) is 2. The Kier molecular flexibility index (Phi) is 4.77. The van der Waals surface area contributed by atoms with E-state index in [-0.39, 0.29) is 5.54 Å². The minimum atomic E-state index is 0.266. The second-order valence-electron chi connectivity index (χ2n) is 5.50. The SMILES string of the molecule is CN(C)C1(CNC(=S)Nc2ccccc2)CCCC1. The predicted molar refractivity (Wildman–Crippen MR) is 85.6 cm³/mol. The fourth-order valence-electron chi connectivity index (χ4n) is 2.76. The number of para-hydroxylation sites is 1. The van der Waals surface area contributed by atoms with E-state index in [1.807, 2.05) is 30.3 Å². The number of rotatable bonds is 4. The van der Waals surface area contributed by atoms with E-state index in [1.54, 1.807) is 0 Å². The molecular weight excluding hydrogens is 254 g/mol. The number of hydrogen-bond acceptors (Lipinski definition) is 2. The van der Waals surface area contributed by atoms with Crippen LogP contribution in [-0.4, -0.2) is 36.2 Å². The van der Waals surface area contributed by atoms with Gasteiger partial charge in [-0.2, -0.15) is 0 Å². The zero-order valence-electron chi connectivity index (χ0n) is 11.8. The summed E-state index contributed by atoms with van der Waals surface area (Å²) in [6, 6.07) is 10.0. The van der Waals surface area contributed by atoms with Crippen molar-refractivity contribution >= 4 is 23.0 Å². The molecule has 0 amide bonds. The molecule has 0 radical (unpaired) electrons. The van der Waals surface area contributed by atoms with Gasteiger partial charge in [0.1, 0.15) is 0 Å². The van der Waals surface area contributed by atoms with Gasteiger partial charge in [-0.15, -0.1) is 0 Å². The fraction of sp³-hybridized carbons (Fsp3) is 0.533. The Labute approximate surface area is 121 Å². The highest BCUT2D eigenvalue weighted by Crippen LogP contribution is 2.33. The standard InChI is InChI=1S/C15H23N3S/c1-18(2)15(10-6-7-11-15)12-16-14(19)17-13-8-4-3-5-9-13/h3-5,8-9H,6-7,10-12H2,1-2H3,(H2,16,17,19). The van der Waals surface area contributed by atoms with Crippen LogP contribution < -0.4 is 10.6 Å². The normalized spacial score (nSPS) is 17.4. The van der Waals surface area contributed by atoms with Gasteiger partial charge in [0.25, 0.3) is 0 Å². The van der Waals surface area contributed by atoms with Crippen LogP contribution in [0.15, 0.2) is 30.3 Å². The smallest absolute Gasteiger partial charge is 0.170 e. The number of thiocarbonyl (C=S) groups is 1. The van der Waals surface area contributed by atoms with Crippen molar-refractivity contribution < 1.29 is 0 Å². The van der Waals surface area contributed by atoms with Gasteiger partial charge < -0.3 is 15.5 Å². The lowest BCUT2D eigenvalue weighted by molar-refractivity contribution is 0.161. The summed E-state index contributed by atoms with van der Waals surface area (Å²) in [5.41, 5.74) is 1.30. The number of nitrogens with one attached hydrogen (secondary N) is 2. The molecule has 1 saturated carbocycles. The lowest BCUT2D eigenvalue weighted by atomic mass is 9.96. The zero-order valence-corrected chi connectivity index (χ0v) is 12.6. The Bertz CT molecular complexity index is 411. The highest BCUT2D eigenvalue weighted by molar-refractivity contribution is 7.80. The molecule has 0 spiro atoms. The van der Waals surface area contributed by atoms with Gasteiger partial charge in [0, 0.05) is 17.8 Å². The van der Waals surface area contributed by atoms with Gasteiger partial charge in [0.15, 0.2) is 5.11 Å². The molecule has 1 aromatic carbocycles. The van der Waals surface area contributed by atoms with Gasteiger partial charge >= 0.3 is 0 Å². The van der Waals surface area contributed by atoms with Gasteiger partial charge in [-0.1, -0.05) is 31.0 Å². The molecule has 0 atom stereocenters. The number of benzene rings is 1. The zero-order chi connectivity index (χ0) is 13.7. The monoisotopic (exact) mass is 277 g/mol. The van der Waals surface area contributed by atoms with Gasteiger partial charge in [0.05, 0.1) is 0 Å². The Balaban J connectivity index is 1.86. The number of anilines is 1. The van der Waals surface area contributed by atoms with Crippen LogP contribution in [-0.2, 0) is 0 Å². The highest BCUT2D eigenvalue weighted by atomic mass is 32.1. The molecule has 1 aliphatic carbocycles. The maximum atomic E-state index is 5.37. The molecule has 4 heteroatoms. The van der Waals surface area contributed by atoms with Crippen LogP contribution in [0.5, 0.6) is 0 Å². The van der Waals surface area contributed by atoms with Crippen LogP contribution in [0.3, 0.4) is 0 Å². The van der Waals surface area contributed by atoms with E-state index in [2.05, 4.69) is 29.6 Å². The maximum Gasteiger partial charge on any atom is 0.170 e. The minimum absolute atomic E-state index is 0.266.